The van der Waals surface area contributed by atoms with Crippen LogP contribution in [0.1, 0.15) is 12.0 Å². The molecule has 0 saturated carbocycles. The van der Waals surface area contributed by atoms with E-state index in [1.165, 1.54) is 0 Å². The van der Waals surface area contributed by atoms with E-state index in [0.29, 0.717) is 24.6 Å². The van der Waals surface area contributed by atoms with Crippen molar-refractivity contribution in [2.75, 3.05) is 6.54 Å². The fourth-order valence-corrected chi connectivity index (χ4v) is 1.26. The second kappa shape index (κ2) is 6.56. The van der Waals surface area contributed by atoms with Gasteiger partial charge in [0.1, 0.15) is 12.4 Å². The van der Waals surface area contributed by atoms with Gasteiger partial charge in [0.05, 0.1) is 6.61 Å². The first-order chi connectivity index (χ1) is 7.26. The zero-order valence-electron chi connectivity index (χ0n) is 8.36. The Balaban J connectivity index is 2.41. The fourth-order valence-electron chi connectivity index (χ4n) is 1.14. The monoisotopic (exact) mass is 227 g/mol. The molecule has 1 aromatic rings. The van der Waals surface area contributed by atoms with E-state index in [0.717, 1.165) is 11.8 Å². The summed E-state index contributed by atoms with van der Waals surface area (Å²) in [5.74, 6) is 0. The normalized spacial score (nSPS) is 12.4. The van der Waals surface area contributed by atoms with Crippen LogP contribution in [0.15, 0.2) is 24.3 Å². The Kier molecular flexibility index (Phi) is 5.32. The molecule has 4 heteroatoms. The minimum Gasteiger partial charge on any atom is -0.366 e. The van der Waals surface area contributed by atoms with Crippen LogP contribution in [0.3, 0.4) is 0 Å². The van der Waals surface area contributed by atoms with Crippen molar-refractivity contribution >= 4 is 17.9 Å². The molecule has 0 bridgehead atoms. The molecule has 0 radical (unpaired) electrons. The summed E-state index contributed by atoms with van der Waals surface area (Å²) in [5, 5.41) is 0.688. The molecular weight excluding hydrogens is 214 g/mol. The van der Waals surface area contributed by atoms with E-state index in [-0.39, 0.29) is 0 Å². The van der Waals surface area contributed by atoms with E-state index in [9.17, 15) is 4.79 Å². The molecule has 0 spiro atoms. The number of rotatable bonds is 6. The first kappa shape index (κ1) is 12.2. The van der Waals surface area contributed by atoms with Crippen molar-refractivity contribution in [1.29, 1.82) is 0 Å². The first-order valence-corrected chi connectivity index (χ1v) is 5.15. The van der Waals surface area contributed by atoms with E-state index in [2.05, 4.69) is 0 Å². The van der Waals surface area contributed by atoms with Crippen molar-refractivity contribution in [3.63, 3.8) is 0 Å². The van der Waals surface area contributed by atoms with Gasteiger partial charge in [0.15, 0.2) is 0 Å². The van der Waals surface area contributed by atoms with Gasteiger partial charge in [-0.2, -0.15) is 0 Å². The molecule has 1 aromatic carbocycles. The van der Waals surface area contributed by atoms with Gasteiger partial charge < -0.3 is 15.3 Å². The zero-order valence-corrected chi connectivity index (χ0v) is 9.11. The van der Waals surface area contributed by atoms with Crippen molar-refractivity contribution in [3.8, 4) is 0 Å². The Morgan fingerprint density at radius 2 is 2.07 bits per heavy atom. The molecule has 0 heterocycles. The molecule has 1 atom stereocenters. The summed E-state index contributed by atoms with van der Waals surface area (Å²) in [7, 11) is 0. The molecule has 0 saturated heterocycles. The highest BCUT2D eigenvalue weighted by Crippen LogP contribution is 2.11. The molecule has 0 unspecified atom stereocenters. The van der Waals surface area contributed by atoms with Crippen LogP contribution < -0.4 is 5.73 Å². The highest BCUT2D eigenvalue weighted by Gasteiger charge is 2.06. The number of ether oxygens (including phenoxy) is 1. The number of nitrogens with two attached hydrogens (primary N) is 1. The van der Waals surface area contributed by atoms with Gasteiger partial charge in [-0.1, -0.05) is 23.7 Å². The number of aldehydes is 1. The highest BCUT2D eigenvalue weighted by molar-refractivity contribution is 6.30. The average molecular weight is 228 g/mol. The summed E-state index contributed by atoms with van der Waals surface area (Å²) in [6.45, 7) is 0.852. The molecule has 1 rings (SSSR count). The number of carbonyl (C=O) groups excluding carboxylic acids is 1. The van der Waals surface area contributed by atoms with Crippen LogP contribution in [-0.4, -0.2) is 18.9 Å². The van der Waals surface area contributed by atoms with Crippen LogP contribution in [0.25, 0.3) is 0 Å². The Bertz CT molecular complexity index is 300. The van der Waals surface area contributed by atoms with Gasteiger partial charge in [-0.25, -0.2) is 0 Å². The SMILES string of the molecule is NCC[C@@H](C=O)OCc1ccc(Cl)cc1. The van der Waals surface area contributed by atoms with Gasteiger partial charge in [-0.3, -0.25) is 0 Å². The molecule has 15 heavy (non-hydrogen) atoms. The second-order valence-corrected chi connectivity index (χ2v) is 3.63. The summed E-state index contributed by atoms with van der Waals surface area (Å²) in [6.07, 6.45) is 0.922. The molecule has 0 aliphatic carbocycles. The fraction of sp³-hybridized carbons (Fsp3) is 0.364. The maximum Gasteiger partial charge on any atom is 0.148 e. The maximum atomic E-state index is 10.6. The van der Waals surface area contributed by atoms with E-state index in [1.807, 2.05) is 12.1 Å². The standard InChI is InChI=1S/C11H14ClNO2/c12-10-3-1-9(2-4-10)8-15-11(7-14)5-6-13/h1-4,7,11H,5-6,8,13H2/t11-/m0/s1. The van der Waals surface area contributed by atoms with Crippen LogP contribution in [-0.2, 0) is 16.1 Å². The van der Waals surface area contributed by atoms with E-state index >= 15 is 0 Å². The van der Waals surface area contributed by atoms with Crippen molar-refractivity contribution in [2.24, 2.45) is 5.73 Å². The molecule has 82 valence electrons. The minimum atomic E-state index is -0.411. The smallest absolute Gasteiger partial charge is 0.148 e. The van der Waals surface area contributed by atoms with Gasteiger partial charge in [0.25, 0.3) is 0 Å². The quantitative estimate of drug-likeness (QED) is 0.754. The van der Waals surface area contributed by atoms with E-state index in [4.69, 9.17) is 22.1 Å². The van der Waals surface area contributed by atoms with Gasteiger partial charge in [0, 0.05) is 5.02 Å². The lowest BCUT2D eigenvalue weighted by Gasteiger charge is -2.10. The Hall–Kier alpha value is -0.900. The van der Waals surface area contributed by atoms with Gasteiger partial charge in [-0.05, 0) is 30.7 Å². The summed E-state index contributed by atoms with van der Waals surface area (Å²) in [6, 6.07) is 7.32. The number of benzene rings is 1. The summed E-state index contributed by atoms with van der Waals surface area (Å²) < 4.78 is 5.37. The average Bonchev–Trinajstić information content (AvgIpc) is 2.26. The number of hydrogen-bond donors (Lipinski definition) is 1. The Labute approximate surface area is 94.2 Å². The predicted octanol–water partition coefficient (Wildman–Crippen LogP) is 1.77. The van der Waals surface area contributed by atoms with Crippen LogP contribution in [0.2, 0.25) is 5.02 Å². The summed E-state index contributed by atoms with van der Waals surface area (Å²) in [4.78, 5) is 10.6. The van der Waals surface area contributed by atoms with Gasteiger partial charge in [0.2, 0.25) is 0 Å². The summed E-state index contributed by atoms with van der Waals surface area (Å²) in [5.41, 5.74) is 6.33. The third-order valence-electron chi connectivity index (χ3n) is 1.98. The minimum absolute atomic E-state index is 0.403. The zero-order chi connectivity index (χ0) is 11.1. The first-order valence-electron chi connectivity index (χ1n) is 4.77. The lowest BCUT2D eigenvalue weighted by Crippen LogP contribution is -2.18. The third kappa shape index (κ3) is 4.42. The molecule has 0 aliphatic heterocycles. The molecule has 3 nitrogen and oxygen atoms in total. The molecular formula is C11H14ClNO2. The summed E-state index contributed by atoms with van der Waals surface area (Å²) >= 11 is 5.74. The molecule has 2 N–H and O–H groups in total. The van der Waals surface area contributed by atoms with Crippen molar-refractivity contribution in [1.82, 2.24) is 0 Å². The predicted molar refractivity (Wildman–Crippen MR) is 59.8 cm³/mol. The number of halogens is 1. The van der Waals surface area contributed by atoms with Crippen molar-refractivity contribution in [3.05, 3.63) is 34.9 Å². The molecule has 0 aliphatic rings. The van der Waals surface area contributed by atoms with E-state index in [1.54, 1.807) is 12.1 Å². The third-order valence-corrected chi connectivity index (χ3v) is 2.23. The van der Waals surface area contributed by atoms with Crippen LogP contribution in [0.4, 0.5) is 0 Å². The van der Waals surface area contributed by atoms with Crippen LogP contribution in [0.5, 0.6) is 0 Å². The van der Waals surface area contributed by atoms with Crippen molar-refractivity contribution < 1.29 is 9.53 Å². The maximum absolute atomic E-state index is 10.6. The van der Waals surface area contributed by atoms with Crippen molar-refractivity contribution in [2.45, 2.75) is 19.1 Å². The highest BCUT2D eigenvalue weighted by atomic mass is 35.5. The van der Waals surface area contributed by atoms with Crippen LogP contribution in [0, 0.1) is 0 Å². The van der Waals surface area contributed by atoms with Crippen LogP contribution >= 0.6 is 11.6 Å². The molecule has 0 fully saturated rings. The van der Waals surface area contributed by atoms with Gasteiger partial charge in [-0.15, -0.1) is 0 Å². The number of hydrogen-bond acceptors (Lipinski definition) is 3. The topological polar surface area (TPSA) is 52.3 Å². The largest absolute Gasteiger partial charge is 0.366 e. The Morgan fingerprint density at radius 1 is 1.40 bits per heavy atom. The Morgan fingerprint density at radius 3 is 2.60 bits per heavy atom. The lowest BCUT2D eigenvalue weighted by atomic mass is 10.2. The lowest BCUT2D eigenvalue weighted by molar-refractivity contribution is -0.119. The molecule has 0 aromatic heterocycles. The van der Waals surface area contributed by atoms with E-state index < -0.39 is 6.10 Å². The van der Waals surface area contributed by atoms with Gasteiger partial charge >= 0.3 is 0 Å². The second-order valence-electron chi connectivity index (χ2n) is 3.19. The number of carbonyl (C=O) groups is 1. The molecule has 0 amide bonds.